The number of methoxy groups -OCH3 is 1. The Kier molecular flexibility index (Phi) is 23.1. The number of quaternary nitrogens is 1. The van der Waals surface area contributed by atoms with Crippen LogP contribution in [-0.2, 0) is 23.1 Å². The highest BCUT2D eigenvalue weighted by Crippen LogP contribution is 2.43. The molecule has 0 saturated carbocycles. The smallest absolute Gasteiger partial charge is 0.379 e. The normalized spacial score (nSPS) is 14.8. The maximum absolute atomic E-state index is 12.0. The molecule has 0 aliphatic rings. The molecule has 0 spiro atoms. The molecule has 0 amide bonds. The van der Waals surface area contributed by atoms with Crippen molar-refractivity contribution in [3.63, 3.8) is 0 Å². The van der Waals surface area contributed by atoms with Gasteiger partial charge in [0, 0.05) is 13.7 Å². The Morgan fingerprint density at radius 2 is 1.14 bits per heavy atom. The minimum Gasteiger partial charge on any atom is -0.379 e. The predicted molar refractivity (Wildman–Crippen MR) is 146 cm³/mol. The van der Waals surface area contributed by atoms with E-state index >= 15 is 0 Å². The van der Waals surface area contributed by atoms with Crippen LogP contribution in [0.3, 0.4) is 0 Å². The zero-order chi connectivity index (χ0) is 26.3. The summed E-state index contributed by atoms with van der Waals surface area (Å²) in [5, 5.41) is 0. The lowest BCUT2D eigenvalue weighted by atomic mass is 10.0. The number of ether oxygens (including phenoxy) is 2. The summed E-state index contributed by atoms with van der Waals surface area (Å²) in [7, 11) is 3.45. The lowest BCUT2D eigenvalue weighted by Crippen LogP contribution is -2.37. The van der Waals surface area contributed by atoms with E-state index in [1.54, 1.807) is 7.11 Å². The Morgan fingerprint density at radius 1 is 0.686 bits per heavy atom. The second kappa shape index (κ2) is 23.1. The molecule has 0 fully saturated rings. The molecule has 1 N–H and O–H groups in total. The SMILES string of the molecule is CCCCCCCCCCCCCCCCCCOC[C@H](COP(=O)(O)OCC[N+](C)(C)C)OC. The summed E-state index contributed by atoms with van der Waals surface area (Å²) >= 11 is 0. The van der Waals surface area contributed by atoms with Crippen LogP contribution in [-0.4, -0.2) is 76.7 Å². The molecule has 2 atom stereocenters. The second-order valence-electron chi connectivity index (χ2n) is 10.8. The summed E-state index contributed by atoms with van der Waals surface area (Å²) < 4.78 is 33.7. The first kappa shape index (κ1) is 35.0. The fraction of sp³-hybridized carbons (Fsp3) is 1.00. The number of hydrogen-bond acceptors (Lipinski definition) is 5. The molecular weight excluding hydrogens is 465 g/mol. The molecule has 0 aromatic carbocycles. The number of hydrogen-bond donors (Lipinski definition) is 1. The van der Waals surface area contributed by atoms with Crippen molar-refractivity contribution in [1.82, 2.24) is 0 Å². The van der Waals surface area contributed by atoms with Crippen molar-refractivity contribution in [3.8, 4) is 0 Å². The van der Waals surface area contributed by atoms with Crippen molar-refractivity contribution >= 4 is 7.82 Å². The van der Waals surface area contributed by atoms with Crippen molar-refractivity contribution in [2.24, 2.45) is 0 Å². The largest absolute Gasteiger partial charge is 0.472 e. The van der Waals surface area contributed by atoms with E-state index in [2.05, 4.69) is 6.92 Å². The van der Waals surface area contributed by atoms with Gasteiger partial charge in [0.25, 0.3) is 0 Å². The summed E-state index contributed by atoms with van der Waals surface area (Å²) in [6, 6.07) is 0. The zero-order valence-electron chi connectivity index (χ0n) is 23.8. The number of phosphoric ester groups is 1. The van der Waals surface area contributed by atoms with Gasteiger partial charge in [0.05, 0.1) is 34.4 Å². The van der Waals surface area contributed by atoms with Gasteiger partial charge in [-0.05, 0) is 6.42 Å². The van der Waals surface area contributed by atoms with Gasteiger partial charge in [-0.2, -0.15) is 0 Å². The van der Waals surface area contributed by atoms with E-state index in [0.29, 0.717) is 24.2 Å². The van der Waals surface area contributed by atoms with Gasteiger partial charge in [0.2, 0.25) is 0 Å². The Labute approximate surface area is 217 Å². The Morgan fingerprint density at radius 3 is 1.57 bits per heavy atom. The molecule has 212 valence electrons. The van der Waals surface area contributed by atoms with E-state index in [4.69, 9.17) is 18.5 Å². The number of rotatable bonds is 27. The maximum atomic E-state index is 12.0. The zero-order valence-corrected chi connectivity index (χ0v) is 24.7. The van der Waals surface area contributed by atoms with Crippen molar-refractivity contribution in [2.45, 2.75) is 116 Å². The Hall–Kier alpha value is -0.0100. The summed E-state index contributed by atoms with van der Waals surface area (Å²) in [5.41, 5.74) is 0. The molecule has 0 aliphatic carbocycles. The first-order valence-electron chi connectivity index (χ1n) is 14.2. The van der Waals surface area contributed by atoms with Crippen LogP contribution in [0.25, 0.3) is 0 Å². The Balaban J connectivity index is 3.49. The number of unbranched alkanes of at least 4 members (excludes halogenated alkanes) is 15. The molecule has 7 nitrogen and oxygen atoms in total. The first-order chi connectivity index (χ1) is 16.7. The fourth-order valence-corrected chi connectivity index (χ4v) is 4.54. The summed E-state index contributed by atoms with van der Waals surface area (Å²) in [6.07, 6.45) is 21.2. The topological polar surface area (TPSA) is 74.2 Å². The van der Waals surface area contributed by atoms with Crippen LogP contribution >= 0.6 is 7.82 Å². The lowest BCUT2D eigenvalue weighted by molar-refractivity contribution is -0.870. The molecule has 1 unspecified atom stereocenters. The number of phosphoric acid groups is 1. The van der Waals surface area contributed by atoms with Crippen LogP contribution in [0.5, 0.6) is 0 Å². The van der Waals surface area contributed by atoms with Crippen LogP contribution in [0.4, 0.5) is 0 Å². The third kappa shape index (κ3) is 26.9. The maximum Gasteiger partial charge on any atom is 0.472 e. The van der Waals surface area contributed by atoms with Crippen LogP contribution in [0.15, 0.2) is 0 Å². The average molecular weight is 525 g/mol. The quantitative estimate of drug-likeness (QED) is 0.0701. The highest BCUT2D eigenvalue weighted by atomic mass is 31.2. The molecule has 0 saturated heterocycles. The highest BCUT2D eigenvalue weighted by Gasteiger charge is 2.24. The number of likely N-dealkylation sites (N-methyl/N-ethyl adjacent to an activating group) is 1. The van der Waals surface area contributed by atoms with Crippen molar-refractivity contribution in [3.05, 3.63) is 0 Å². The molecule has 35 heavy (non-hydrogen) atoms. The van der Waals surface area contributed by atoms with E-state index in [9.17, 15) is 9.46 Å². The average Bonchev–Trinajstić information content (AvgIpc) is 2.79. The van der Waals surface area contributed by atoms with Crippen molar-refractivity contribution in [1.29, 1.82) is 0 Å². The monoisotopic (exact) mass is 524 g/mol. The summed E-state index contributed by atoms with van der Waals surface area (Å²) in [4.78, 5) is 9.79. The van der Waals surface area contributed by atoms with Gasteiger partial charge < -0.3 is 18.9 Å². The summed E-state index contributed by atoms with van der Waals surface area (Å²) in [5.74, 6) is 0. The van der Waals surface area contributed by atoms with Gasteiger partial charge in [-0.25, -0.2) is 4.57 Å². The first-order valence-corrected chi connectivity index (χ1v) is 15.7. The molecule has 0 heterocycles. The van der Waals surface area contributed by atoms with Gasteiger partial charge in [-0.15, -0.1) is 0 Å². The highest BCUT2D eigenvalue weighted by molar-refractivity contribution is 7.47. The third-order valence-electron chi connectivity index (χ3n) is 6.22. The molecule has 0 aromatic heterocycles. The lowest BCUT2D eigenvalue weighted by Gasteiger charge is -2.24. The van der Waals surface area contributed by atoms with Crippen molar-refractivity contribution < 1.29 is 32.5 Å². The number of nitrogens with zero attached hydrogens (tertiary/aromatic N) is 1. The minimum absolute atomic E-state index is 0.0341. The van der Waals surface area contributed by atoms with Gasteiger partial charge in [0.1, 0.15) is 19.3 Å². The predicted octanol–water partition coefficient (Wildman–Crippen LogP) is 7.12. The van der Waals surface area contributed by atoms with E-state index in [1.807, 2.05) is 21.1 Å². The minimum atomic E-state index is -4.07. The molecule has 0 aliphatic heterocycles. The fourth-order valence-electron chi connectivity index (χ4n) is 3.80. The second-order valence-corrected chi connectivity index (χ2v) is 12.3. The summed E-state index contributed by atoms with van der Waals surface area (Å²) in [6.45, 7) is 4.03. The van der Waals surface area contributed by atoms with E-state index in [1.165, 1.54) is 96.3 Å². The molecule has 0 rings (SSSR count). The molecule has 0 aromatic rings. The molecule has 8 heteroatoms. The molecule has 0 radical (unpaired) electrons. The van der Waals surface area contributed by atoms with Crippen molar-refractivity contribution in [2.75, 3.05) is 61.2 Å². The van der Waals surface area contributed by atoms with Crippen LogP contribution in [0.1, 0.15) is 110 Å². The molecular formula is C27H59NO6P+. The van der Waals surface area contributed by atoms with Crippen LogP contribution in [0.2, 0.25) is 0 Å². The van der Waals surface area contributed by atoms with E-state index < -0.39 is 13.9 Å². The Bertz CT molecular complexity index is 501. The van der Waals surface area contributed by atoms with Crippen LogP contribution < -0.4 is 0 Å². The standard InChI is InChI=1S/C27H58NO6P/c1-6-7-8-9-10-11-12-13-14-15-16-17-18-19-20-21-23-32-25-27(31-5)26-34-35(29,30)33-24-22-28(2,3)4/h27H,6-26H2,1-5H3/p+1/t27-/m1/s1. The van der Waals surface area contributed by atoms with Crippen LogP contribution in [0, 0.1) is 0 Å². The van der Waals surface area contributed by atoms with E-state index in [0.717, 1.165) is 6.42 Å². The van der Waals surface area contributed by atoms with Gasteiger partial charge in [-0.1, -0.05) is 103 Å². The van der Waals surface area contributed by atoms with Gasteiger partial charge in [0.15, 0.2) is 0 Å². The molecule has 0 bridgehead atoms. The van der Waals surface area contributed by atoms with E-state index in [-0.39, 0.29) is 13.2 Å². The third-order valence-corrected chi connectivity index (χ3v) is 7.20. The van der Waals surface area contributed by atoms with Gasteiger partial charge in [-0.3, -0.25) is 9.05 Å². The van der Waals surface area contributed by atoms with Gasteiger partial charge >= 0.3 is 7.82 Å².